The summed E-state index contributed by atoms with van der Waals surface area (Å²) >= 11 is 3.33. The van der Waals surface area contributed by atoms with Gasteiger partial charge in [0.2, 0.25) is 0 Å². The molecule has 1 aromatic heterocycles. The van der Waals surface area contributed by atoms with Gasteiger partial charge in [0.05, 0.1) is 6.20 Å². The van der Waals surface area contributed by atoms with Crippen molar-refractivity contribution in [3.63, 3.8) is 0 Å². The number of carbonyl (C=O) groups is 1. The van der Waals surface area contributed by atoms with Crippen molar-refractivity contribution in [2.45, 2.75) is 25.8 Å². The highest BCUT2D eigenvalue weighted by atomic mass is 79.9. The summed E-state index contributed by atoms with van der Waals surface area (Å²) < 4.78 is 12.6. The van der Waals surface area contributed by atoms with Crippen molar-refractivity contribution in [1.82, 2.24) is 10.3 Å². The van der Waals surface area contributed by atoms with Gasteiger partial charge in [-0.1, -0.05) is 22.9 Å². The Hall–Kier alpha value is -0.970. The molecule has 1 aromatic rings. The highest BCUT2D eigenvalue weighted by Gasteiger charge is 2.12. The molecule has 1 amide bonds. The van der Waals surface area contributed by atoms with Crippen LogP contribution in [0.1, 0.15) is 30.3 Å². The second-order valence-corrected chi connectivity index (χ2v) is 4.21. The van der Waals surface area contributed by atoms with Gasteiger partial charge in [-0.3, -0.25) is 4.79 Å². The van der Waals surface area contributed by atoms with E-state index >= 15 is 0 Å². The van der Waals surface area contributed by atoms with Gasteiger partial charge in [-0.25, -0.2) is 9.37 Å². The maximum atomic E-state index is 12.6. The van der Waals surface area contributed by atoms with Crippen molar-refractivity contribution >= 4 is 21.8 Å². The van der Waals surface area contributed by atoms with Gasteiger partial charge in [-0.05, 0) is 25.0 Å². The molecule has 0 aliphatic heterocycles. The third-order valence-corrected chi connectivity index (χ3v) is 2.70. The van der Waals surface area contributed by atoms with Crippen LogP contribution in [0.5, 0.6) is 0 Å². The highest BCUT2D eigenvalue weighted by molar-refractivity contribution is 9.09. The molecule has 5 heteroatoms. The fraction of sp³-hybridized carbons (Fsp3) is 0.455. The van der Waals surface area contributed by atoms with Gasteiger partial charge in [-0.15, -0.1) is 0 Å². The van der Waals surface area contributed by atoms with Crippen LogP contribution in [0.25, 0.3) is 0 Å². The molecule has 0 aromatic carbocycles. The lowest BCUT2D eigenvalue weighted by Gasteiger charge is -2.15. The number of nitrogens with zero attached hydrogens (tertiary/aromatic N) is 1. The van der Waals surface area contributed by atoms with Crippen molar-refractivity contribution in [2.24, 2.45) is 0 Å². The number of rotatable bonds is 5. The van der Waals surface area contributed by atoms with Crippen molar-refractivity contribution in [2.75, 3.05) is 5.33 Å². The minimum absolute atomic E-state index is 0.124. The summed E-state index contributed by atoms with van der Waals surface area (Å²) in [6.45, 7) is 2.01. The van der Waals surface area contributed by atoms with Crippen LogP contribution >= 0.6 is 15.9 Å². The van der Waals surface area contributed by atoms with Gasteiger partial charge in [0.25, 0.3) is 5.91 Å². The summed E-state index contributed by atoms with van der Waals surface area (Å²) in [7, 11) is 0. The van der Waals surface area contributed by atoms with Crippen LogP contribution in [0.3, 0.4) is 0 Å². The molecule has 0 radical (unpaired) electrons. The van der Waals surface area contributed by atoms with Crippen molar-refractivity contribution in [3.8, 4) is 0 Å². The Labute approximate surface area is 103 Å². The first kappa shape index (κ1) is 13.1. The molecule has 0 fully saturated rings. The second kappa shape index (κ2) is 6.58. The third-order valence-electron chi connectivity index (χ3n) is 2.25. The lowest BCUT2D eigenvalue weighted by atomic mass is 10.1. The molecule has 0 saturated heterocycles. The molecule has 1 rings (SSSR count). The first-order valence-corrected chi connectivity index (χ1v) is 6.28. The minimum Gasteiger partial charge on any atom is -0.348 e. The van der Waals surface area contributed by atoms with E-state index in [1.165, 1.54) is 12.1 Å². The fourth-order valence-corrected chi connectivity index (χ4v) is 1.83. The second-order valence-electron chi connectivity index (χ2n) is 3.42. The topological polar surface area (TPSA) is 42.0 Å². The number of alkyl halides is 1. The maximum absolute atomic E-state index is 12.6. The average molecular weight is 289 g/mol. The van der Waals surface area contributed by atoms with Gasteiger partial charge in [0, 0.05) is 11.4 Å². The number of aromatic nitrogens is 1. The molecule has 0 bridgehead atoms. The zero-order valence-corrected chi connectivity index (χ0v) is 10.6. The van der Waals surface area contributed by atoms with E-state index in [-0.39, 0.29) is 17.6 Å². The van der Waals surface area contributed by atoms with Gasteiger partial charge in [0.15, 0.2) is 0 Å². The number of amides is 1. The summed E-state index contributed by atoms with van der Waals surface area (Å²) in [5, 5.41) is 3.69. The lowest BCUT2D eigenvalue weighted by molar-refractivity contribution is 0.0930. The smallest absolute Gasteiger partial charge is 0.270 e. The van der Waals surface area contributed by atoms with E-state index in [9.17, 15) is 9.18 Å². The Morgan fingerprint density at radius 2 is 2.38 bits per heavy atom. The Morgan fingerprint density at radius 3 is 2.88 bits per heavy atom. The molecule has 16 heavy (non-hydrogen) atoms. The summed E-state index contributed by atoms with van der Waals surface area (Å²) in [5.74, 6) is -0.697. The number of hydrogen-bond acceptors (Lipinski definition) is 2. The quantitative estimate of drug-likeness (QED) is 0.846. The summed E-state index contributed by atoms with van der Waals surface area (Å²) in [4.78, 5) is 15.4. The van der Waals surface area contributed by atoms with Crippen LogP contribution < -0.4 is 5.32 Å². The Morgan fingerprint density at radius 1 is 1.62 bits per heavy atom. The van der Waals surface area contributed by atoms with Crippen LogP contribution in [0.15, 0.2) is 18.3 Å². The molecule has 0 aliphatic carbocycles. The van der Waals surface area contributed by atoms with Crippen molar-refractivity contribution < 1.29 is 9.18 Å². The van der Waals surface area contributed by atoms with E-state index in [2.05, 4.69) is 26.2 Å². The third kappa shape index (κ3) is 3.89. The molecular weight excluding hydrogens is 275 g/mol. The first-order chi connectivity index (χ1) is 7.67. The van der Waals surface area contributed by atoms with Gasteiger partial charge in [-0.2, -0.15) is 0 Å². The zero-order chi connectivity index (χ0) is 12.0. The molecule has 0 spiro atoms. The Balaban J connectivity index is 2.60. The molecule has 88 valence electrons. The molecule has 1 N–H and O–H groups in total. The SMILES string of the molecule is CCC(CCBr)NC(=O)c1ccc(F)cn1. The summed E-state index contributed by atoms with van der Waals surface area (Å²) in [6, 6.07) is 2.73. The number of halogens is 2. The average Bonchev–Trinajstić information content (AvgIpc) is 2.29. The van der Waals surface area contributed by atoms with Crippen molar-refractivity contribution in [3.05, 3.63) is 29.8 Å². The van der Waals surface area contributed by atoms with Crippen LogP contribution in [0.2, 0.25) is 0 Å². The number of carbonyl (C=O) groups excluding carboxylic acids is 1. The van der Waals surface area contributed by atoms with E-state index in [1.807, 2.05) is 6.92 Å². The zero-order valence-electron chi connectivity index (χ0n) is 9.04. The first-order valence-electron chi connectivity index (χ1n) is 5.15. The van der Waals surface area contributed by atoms with Crippen LogP contribution in [-0.4, -0.2) is 22.3 Å². The highest BCUT2D eigenvalue weighted by Crippen LogP contribution is 2.03. The largest absolute Gasteiger partial charge is 0.348 e. The predicted octanol–water partition coefficient (Wildman–Crippen LogP) is 2.51. The number of hydrogen-bond donors (Lipinski definition) is 1. The molecule has 0 aliphatic rings. The van der Waals surface area contributed by atoms with Crippen molar-refractivity contribution in [1.29, 1.82) is 0 Å². The van der Waals surface area contributed by atoms with E-state index in [1.54, 1.807) is 0 Å². The summed E-state index contributed by atoms with van der Waals surface area (Å²) in [5.41, 5.74) is 0.245. The van der Waals surface area contributed by atoms with Crippen LogP contribution in [0, 0.1) is 5.82 Å². The standard InChI is InChI=1S/C11H14BrFN2O/c1-2-9(5-6-12)15-11(16)10-4-3-8(13)7-14-10/h3-4,7,9H,2,5-6H2,1H3,(H,15,16). The molecular formula is C11H14BrFN2O. The van der Waals surface area contributed by atoms with E-state index in [0.29, 0.717) is 0 Å². The predicted molar refractivity (Wildman–Crippen MR) is 64.2 cm³/mol. The molecule has 1 atom stereocenters. The van der Waals surface area contributed by atoms with Crippen LogP contribution in [0.4, 0.5) is 4.39 Å². The molecule has 1 unspecified atom stereocenters. The van der Waals surface area contributed by atoms with Gasteiger partial charge < -0.3 is 5.32 Å². The van der Waals surface area contributed by atoms with Gasteiger partial charge >= 0.3 is 0 Å². The van der Waals surface area contributed by atoms with Crippen LogP contribution in [-0.2, 0) is 0 Å². The summed E-state index contributed by atoms with van der Waals surface area (Å²) in [6.07, 6.45) is 2.77. The van der Waals surface area contributed by atoms with E-state index in [0.717, 1.165) is 24.4 Å². The Bertz CT molecular complexity index is 342. The molecule has 0 saturated carbocycles. The minimum atomic E-state index is -0.441. The van der Waals surface area contributed by atoms with E-state index in [4.69, 9.17) is 0 Å². The lowest BCUT2D eigenvalue weighted by Crippen LogP contribution is -2.35. The fourth-order valence-electron chi connectivity index (χ4n) is 1.28. The number of nitrogens with one attached hydrogen (secondary N) is 1. The molecule has 3 nitrogen and oxygen atoms in total. The van der Waals surface area contributed by atoms with E-state index < -0.39 is 5.82 Å². The Kier molecular flexibility index (Phi) is 5.38. The normalized spacial score (nSPS) is 12.2. The van der Waals surface area contributed by atoms with Gasteiger partial charge in [0.1, 0.15) is 11.5 Å². The monoisotopic (exact) mass is 288 g/mol. The number of pyridine rings is 1. The molecule has 1 heterocycles. The maximum Gasteiger partial charge on any atom is 0.270 e.